The maximum absolute atomic E-state index is 5.28. The SMILES string of the molecule is c1ccc(-c2ccc(-c3cccc(-c4cccc(-c5nc(-c6ccccc6)nc(-c6cccc(-n7c8ccccc8c8ccc9c%10ccccc%10n(-c%10ccccc%10)c9c87)c6)n5)c4)c3)cc2)cc1. The van der Waals surface area contributed by atoms with Crippen molar-refractivity contribution in [3.05, 3.63) is 249 Å². The Morgan fingerprint density at radius 2 is 0.574 bits per heavy atom. The molecule has 0 aliphatic carbocycles. The Labute approximate surface area is 393 Å². The lowest BCUT2D eigenvalue weighted by molar-refractivity contribution is 1.07. The van der Waals surface area contributed by atoms with Crippen molar-refractivity contribution in [1.29, 1.82) is 0 Å². The van der Waals surface area contributed by atoms with Crippen molar-refractivity contribution in [2.24, 2.45) is 0 Å². The molecule has 0 atom stereocenters. The minimum atomic E-state index is 0.603. The molecule has 0 aliphatic heterocycles. The summed E-state index contributed by atoms with van der Waals surface area (Å²) in [6, 6.07) is 88.1. The Hall–Kier alpha value is -9.19. The third kappa shape index (κ3) is 6.76. The number of fused-ring (bicyclic) bond motifs is 7. The van der Waals surface area contributed by atoms with Crippen LogP contribution in [-0.4, -0.2) is 24.1 Å². The van der Waals surface area contributed by atoms with Crippen LogP contribution in [0.25, 0.3) is 123 Å². The normalized spacial score (nSPS) is 11.5. The molecule has 13 rings (SSSR count). The van der Waals surface area contributed by atoms with E-state index in [-0.39, 0.29) is 0 Å². The summed E-state index contributed by atoms with van der Waals surface area (Å²) in [6.07, 6.45) is 0. The van der Waals surface area contributed by atoms with Gasteiger partial charge >= 0.3 is 0 Å². The Bertz CT molecular complexity index is 4000. The smallest absolute Gasteiger partial charge is 0.164 e. The lowest BCUT2D eigenvalue weighted by atomic mass is 9.96. The van der Waals surface area contributed by atoms with Gasteiger partial charge in [0.15, 0.2) is 17.5 Å². The first kappa shape index (κ1) is 39.2. The average Bonchev–Trinajstić information content (AvgIpc) is 3.95. The van der Waals surface area contributed by atoms with Crippen LogP contribution in [0.3, 0.4) is 0 Å². The van der Waals surface area contributed by atoms with Crippen LogP contribution in [0.4, 0.5) is 0 Å². The lowest BCUT2D eigenvalue weighted by Crippen LogP contribution is -2.02. The molecule has 0 amide bonds. The minimum Gasteiger partial charge on any atom is -0.307 e. The summed E-state index contributed by atoms with van der Waals surface area (Å²) in [6.45, 7) is 0. The van der Waals surface area contributed by atoms with E-state index in [2.05, 4.69) is 240 Å². The van der Waals surface area contributed by atoms with E-state index in [1.54, 1.807) is 0 Å². The van der Waals surface area contributed by atoms with E-state index < -0.39 is 0 Å². The summed E-state index contributed by atoms with van der Waals surface area (Å²) in [5.41, 5.74) is 16.4. The second-order valence-electron chi connectivity index (χ2n) is 17.2. The highest BCUT2D eigenvalue weighted by Gasteiger charge is 2.22. The molecule has 0 bridgehead atoms. The number of para-hydroxylation sites is 3. The monoisotopic (exact) mass is 867 g/mol. The van der Waals surface area contributed by atoms with Crippen LogP contribution in [0.15, 0.2) is 249 Å². The van der Waals surface area contributed by atoms with Gasteiger partial charge in [-0.2, -0.15) is 0 Å². The molecule has 0 radical (unpaired) electrons. The average molecular weight is 868 g/mol. The fourth-order valence-corrected chi connectivity index (χ4v) is 9.95. The second kappa shape index (κ2) is 16.4. The third-order valence-electron chi connectivity index (χ3n) is 13.2. The molecule has 13 aromatic rings. The van der Waals surface area contributed by atoms with Gasteiger partial charge in [0, 0.05) is 49.6 Å². The van der Waals surface area contributed by atoms with Crippen molar-refractivity contribution >= 4 is 43.6 Å². The summed E-state index contributed by atoms with van der Waals surface area (Å²) in [5, 5.41) is 4.81. The first-order valence-corrected chi connectivity index (χ1v) is 23.0. The number of nitrogens with zero attached hydrogens (tertiary/aromatic N) is 5. The van der Waals surface area contributed by atoms with Crippen LogP contribution in [0.5, 0.6) is 0 Å². The van der Waals surface area contributed by atoms with Crippen molar-refractivity contribution in [2.45, 2.75) is 0 Å². The van der Waals surface area contributed by atoms with E-state index in [1.165, 1.54) is 43.8 Å². The number of hydrogen-bond acceptors (Lipinski definition) is 3. The Kier molecular flexibility index (Phi) is 9.43. The van der Waals surface area contributed by atoms with Gasteiger partial charge in [-0.3, -0.25) is 0 Å². The van der Waals surface area contributed by atoms with Crippen LogP contribution >= 0.6 is 0 Å². The quantitative estimate of drug-likeness (QED) is 0.153. The molecule has 0 spiro atoms. The highest BCUT2D eigenvalue weighted by Crippen LogP contribution is 2.42. The second-order valence-corrected chi connectivity index (χ2v) is 17.2. The topological polar surface area (TPSA) is 48.5 Å². The zero-order valence-electron chi connectivity index (χ0n) is 36.9. The summed E-state index contributed by atoms with van der Waals surface area (Å²) >= 11 is 0. The highest BCUT2D eigenvalue weighted by atomic mass is 15.1. The Morgan fingerprint density at radius 3 is 1.15 bits per heavy atom. The van der Waals surface area contributed by atoms with Gasteiger partial charge in [-0.15, -0.1) is 0 Å². The molecule has 0 saturated heterocycles. The van der Waals surface area contributed by atoms with E-state index >= 15 is 0 Å². The van der Waals surface area contributed by atoms with Gasteiger partial charge in [-0.25, -0.2) is 15.0 Å². The maximum atomic E-state index is 5.28. The molecule has 3 aromatic heterocycles. The van der Waals surface area contributed by atoms with Crippen molar-refractivity contribution in [2.75, 3.05) is 0 Å². The van der Waals surface area contributed by atoms with E-state index in [0.717, 1.165) is 61.3 Å². The van der Waals surface area contributed by atoms with Gasteiger partial charge in [0.05, 0.1) is 22.1 Å². The predicted molar refractivity (Wildman–Crippen MR) is 281 cm³/mol. The third-order valence-corrected chi connectivity index (χ3v) is 13.2. The molecular weight excluding hydrogens is 827 g/mol. The van der Waals surface area contributed by atoms with Crippen molar-refractivity contribution < 1.29 is 0 Å². The fraction of sp³-hybridized carbons (Fsp3) is 0. The zero-order chi connectivity index (χ0) is 45.0. The van der Waals surface area contributed by atoms with Gasteiger partial charge in [-0.05, 0) is 81.9 Å². The number of aromatic nitrogens is 5. The lowest BCUT2D eigenvalue weighted by Gasteiger charge is -2.14. The fourth-order valence-electron chi connectivity index (χ4n) is 9.95. The van der Waals surface area contributed by atoms with Crippen molar-refractivity contribution in [1.82, 2.24) is 24.1 Å². The molecule has 68 heavy (non-hydrogen) atoms. The van der Waals surface area contributed by atoms with Gasteiger partial charge in [0.2, 0.25) is 0 Å². The first-order chi connectivity index (χ1) is 33.7. The first-order valence-electron chi connectivity index (χ1n) is 23.0. The largest absolute Gasteiger partial charge is 0.307 e. The van der Waals surface area contributed by atoms with Crippen LogP contribution < -0.4 is 0 Å². The van der Waals surface area contributed by atoms with Gasteiger partial charge in [0.25, 0.3) is 0 Å². The molecule has 10 aromatic carbocycles. The van der Waals surface area contributed by atoms with Crippen LogP contribution in [0, 0.1) is 0 Å². The number of benzene rings is 10. The summed E-state index contributed by atoms with van der Waals surface area (Å²) in [7, 11) is 0. The standard InChI is InChI=1S/C63H41N5/c1-4-17-42(18-5-1)43-33-35-44(36-34-43)46-21-14-22-47(39-46)48-23-15-24-49(40-48)62-64-61(45-19-6-2-7-20-45)65-63(66-62)50-25-16-28-52(41-50)68-58-32-13-11-30-54(58)56-38-37-55-53-29-10-12-31-57(53)67(59(55)60(56)68)51-26-8-3-9-27-51/h1-41H. The molecule has 3 heterocycles. The van der Waals surface area contributed by atoms with Crippen LogP contribution in [0.2, 0.25) is 0 Å². The Balaban J connectivity index is 0.947. The van der Waals surface area contributed by atoms with Crippen molar-refractivity contribution in [3.8, 4) is 78.9 Å². The zero-order valence-corrected chi connectivity index (χ0v) is 36.9. The van der Waals surface area contributed by atoms with E-state index in [4.69, 9.17) is 15.0 Å². The van der Waals surface area contributed by atoms with Gasteiger partial charge in [-0.1, -0.05) is 200 Å². The van der Waals surface area contributed by atoms with E-state index in [9.17, 15) is 0 Å². The predicted octanol–water partition coefficient (Wildman–Crippen LogP) is 16.1. The minimum absolute atomic E-state index is 0.603. The van der Waals surface area contributed by atoms with E-state index in [0.29, 0.717) is 17.5 Å². The molecule has 0 saturated carbocycles. The molecule has 0 unspecified atom stereocenters. The molecule has 0 N–H and O–H groups in total. The molecule has 5 nitrogen and oxygen atoms in total. The van der Waals surface area contributed by atoms with Crippen molar-refractivity contribution in [3.63, 3.8) is 0 Å². The highest BCUT2D eigenvalue weighted by molar-refractivity contribution is 6.23. The summed E-state index contributed by atoms with van der Waals surface area (Å²) < 4.78 is 4.84. The number of rotatable bonds is 8. The maximum Gasteiger partial charge on any atom is 0.164 e. The molecular formula is C63H41N5. The van der Waals surface area contributed by atoms with Gasteiger partial charge < -0.3 is 9.13 Å². The van der Waals surface area contributed by atoms with Crippen LogP contribution in [-0.2, 0) is 0 Å². The van der Waals surface area contributed by atoms with E-state index in [1.807, 2.05) is 18.2 Å². The Morgan fingerprint density at radius 1 is 0.221 bits per heavy atom. The molecule has 5 heteroatoms. The summed E-state index contributed by atoms with van der Waals surface area (Å²) in [5.74, 6) is 1.83. The number of hydrogen-bond donors (Lipinski definition) is 0. The van der Waals surface area contributed by atoms with Crippen LogP contribution in [0.1, 0.15) is 0 Å². The molecule has 0 aliphatic rings. The van der Waals surface area contributed by atoms with Gasteiger partial charge in [0.1, 0.15) is 0 Å². The molecule has 0 fully saturated rings. The molecule has 318 valence electrons. The summed E-state index contributed by atoms with van der Waals surface area (Å²) in [4.78, 5) is 15.6.